The molecule has 0 saturated heterocycles. The van der Waals surface area contributed by atoms with Gasteiger partial charge >= 0.3 is 0 Å². The molecule has 0 rings (SSSR count). The number of nitrogens with zero attached hydrogens (tertiary/aromatic N) is 1. The van der Waals surface area contributed by atoms with E-state index in [2.05, 4.69) is 11.4 Å². The number of ketones is 2. The van der Waals surface area contributed by atoms with E-state index < -0.39 is 5.78 Å². The number of Topliss-reactive ketones (excluding diaryl/α,β-unsaturated/α-hetero) is 2. The van der Waals surface area contributed by atoms with Crippen LogP contribution in [0.25, 0.3) is 4.85 Å². The maximum atomic E-state index is 11.0. The summed E-state index contributed by atoms with van der Waals surface area (Å²) in [5, 5.41) is 0. The molecule has 3 heteroatoms. The lowest BCUT2D eigenvalue weighted by molar-refractivity contribution is -0.127. The molecule has 0 aliphatic carbocycles. The highest BCUT2D eigenvalue weighted by atomic mass is 16.1. The lowest BCUT2D eigenvalue weighted by atomic mass is 10.0. The van der Waals surface area contributed by atoms with Crippen molar-refractivity contribution in [3.8, 4) is 0 Å². The van der Waals surface area contributed by atoms with Gasteiger partial charge in [0.1, 0.15) is 5.78 Å². The standard InChI is InChI=1S/C9H11NO2/c1-6(2)8(11)5-9(12)7(3)10-4/h6H,3,5H2,1-2H3. The van der Waals surface area contributed by atoms with Crippen LogP contribution in [0, 0.1) is 12.5 Å². The highest BCUT2D eigenvalue weighted by Crippen LogP contribution is 2.04. The van der Waals surface area contributed by atoms with E-state index in [0.29, 0.717) is 0 Å². The monoisotopic (exact) mass is 165 g/mol. The minimum atomic E-state index is -0.469. The predicted octanol–water partition coefficient (Wildman–Crippen LogP) is 1.60. The zero-order valence-electron chi connectivity index (χ0n) is 7.26. The van der Waals surface area contributed by atoms with E-state index in [0.717, 1.165) is 0 Å². The molecule has 0 atom stereocenters. The number of carbonyl (C=O) groups is 2. The van der Waals surface area contributed by atoms with E-state index in [9.17, 15) is 9.59 Å². The summed E-state index contributed by atoms with van der Waals surface area (Å²) in [6, 6.07) is 0. The second-order valence-corrected chi connectivity index (χ2v) is 2.78. The molecule has 3 nitrogen and oxygen atoms in total. The Morgan fingerprint density at radius 1 is 1.50 bits per heavy atom. The molecule has 0 aromatic rings. The molecule has 0 aliphatic heterocycles. The topological polar surface area (TPSA) is 38.5 Å². The summed E-state index contributed by atoms with van der Waals surface area (Å²) in [7, 11) is 0. The normalized spacial score (nSPS) is 9.17. The zero-order valence-corrected chi connectivity index (χ0v) is 7.26. The Kier molecular flexibility index (Phi) is 3.92. The Balaban J connectivity index is 4.13. The maximum absolute atomic E-state index is 11.0. The van der Waals surface area contributed by atoms with Crippen LogP contribution >= 0.6 is 0 Å². The molecule has 0 saturated carbocycles. The van der Waals surface area contributed by atoms with Crippen molar-refractivity contribution in [1.82, 2.24) is 0 Å². The van der Waals surface area contributed by atoms with Crippen LogP contribution in [0.1, 0.15) is 20.3 Å². The third-order valence-electron chi connectivity index (χ3n) is 1.44. The molecule has 12 heavy (non-hydrogen) atoms. The van der Waals surface area contributed by atoms with E-state index in [1.807, 2.05) is 0 Å². The van der Waals surface area contributed by atoms with Crippen molar-refractivity contribution >= 4 is 11.6 Å². The van der Waals surface area contributed by atoms with E-state index >= 15 is 0 Å². The van der Waals surface area contributed by atoms with E-state index in [1.165, 1.54) is 0 Å². The molecule has 0 bridgehead atoms. The predicted molar refractivity (Wildman–Crippen MR) is 45.2 cm³/mol. The fraction of sp³-hybridized carbons (Fsp3) is 0.444. The first-order chi connectivity index (χ1) is 5.49. The Morgan fingerprint density at radius 3 is 2.33 bits per heavy atom. The number of hydrogen-bond acceptors (Lipinski definition) is 2. The van der Waals surface area contributed by atoms with Gasteiger partial charge in [-0.3, -0.25) is 4.79 Å². The summed E-state index contributed by atoms with van der Waals surface area (Å²) in [6.07, 6.45) is -0.196. The molecule has 0 N–H and O–H groups in total. The summed E-state index contributed by atoms with van der Waals surface area (Å²) in [4.78, 5) is 24.8. The highest BCUT2D eigenvalue weighted by molar-refractivity contribution is 6.08. The Bertz CT molecular complexity index is 258. The minimum absolute atomic E-state index is 0.148. The van der Waals surface area contributed by atoms with Crippen LogP contribution in [0.3, 0.4) is 0 Å². The van der Waals surface area contributed by atoms with E-state index in [1.54, 1.807) is 13.8 Å². The lowest BCUT2D eigenvalue weighted by Crippen LogP contribution is -2.13. The summed E-state index contributed by atoms with van der Waals surface area (Å²) in [5.41, 5.74) is -0.163. The zero-order chi connectivity index (χ0) is 9.72. The third-order valence-corrected chi connectivity index (χ3v) is 1.44. The fourth-order valence-electron chi connectivity index (χ4n) is 0.527. The van der Waals surface area contributed by atoms with Crippen molar-refractivity contribution < 1.29 is 9.59 Å². The molecular weight excluding hydrogens is 154 g/mol. The van der Waals surface area contributed by atoms with Crippen molar-refractivity contribution in [1.29, 1.82) is 0 Å². The smallest absolute Gasteiger partial charge is 0.222 e. The van der Waals surface area contributed by atoms with Crippen LogP contribution in [0.2, 0.25) is 0 Å². The molecule has 0 aromatic heterocycles. The number of carbonyl (C=O) groups excluding carboxylic acids is 2. The largest absolute Gasteiger partial charge is 0.307 e. The highest BCUT2D eigenvalue weighted by Gasteiger charge is 2.14. The molecule has 0 aliphatic rings. The molecule has 0 radical (unpaired) electrons. The number of hydrogen-bond donors (Lipinski definition) is 0. The fourth-order valence-corrected chi connectivity index (χ4v) is 0.527. The second-order valence-electron chi connectivity index (χ2n) is 2.78. The van der Waals surface area contributed by atoms with Crippen LogP contribution < -0.4 is 0 Å². The van der Waals surface area contributed by atoms with E-state index in [4.69, 9.17) is 6.57 Å². The quantitative estimate of drug-likeness (QED) is 0.360. The van der Waals surface area contributed by atoms with Crippen molar-refractivity contribution in [3.63, 3.8) is 0 Å². The van der Waals surface area contributed by atoms with Gasteiger partial charge in [-0.05, 0) is 0 Å². The van der Waals surface area contributed by atoms with Crippen LogP contribution in [-0.4, -0.2) is 11.6 Å². The average Bonchev–Trinajstić information content (AvgIpc) is 2.02. The van der Waals surface area contributed by atoms with Gasteiger partial charge in [0.25, 0.3) is 0 Å². The summed E-state index contributed by atoms with van der Waals surface area (Å²) >= 11 is 0. The molecule has 0 aromatic carbocycles. The van der Waals surface area contributed by atoms with Crippen molar-refractivity contribution in [2.24, 2.45) is 5.92 Å². The van der Waals surface area contributed by atoms with Gasteiger partial charge in [0.2, 0.25) is 5.70 Å². The Morgan fingerprint density at radius 2 is 2.00 bits per heavy atom. The Labute approximate surface area is 71.9 Å². The van der Waals surface area contributed by atoms with Crippen LogP contribution in [0.4, 0.5) is 0 Å². The molecule has 0 amide bonds. The number of allylic oxidation sites excluding steroid dienone is 1. The van der Waals surface area contributed by atoms with Gasteiger partial charge < -0.3 is 4.79 Å². The van der Waals surface area contributed by atoms with Gasteiger partial charge in [0.15, 0.2) is 5.78 Å². The summed E-state index contributed by atoms with van der Waals surface area (Å²) in [6.45, 7) is 13.2. The van der Waals surface area contributed by atoms with Crippen LogP contribution in [-0.2, 0) is 9.59 Å². The minimum Gasteiger partial charge on any atom is -0.307 e. The maximum Gasteiger partial charge on any atom is 0.222 e. The summed E-state index contributed by atoms with van der Waals surface area (Å²) < 4.78 is 0. The van der Waals surface area contributed by atoms with Gasteiger partial charge in [-0.2, -0.15) is 0 Å². The lowest BCUT2D eigenvalue weighted by Gasteiger charge is -2.00. The molecule has 0 unspecified atom stereocenters. The van der Waals surface area contributed by atoms with Gasteiger partial charge in [0, 0.05) is 5.92 Å². The molecule has 0 fully saturated rings. The van der Waals surface area contributed by atoms with Gasteiger partial charge in [0.05, 0.1) is 13.0 Å². The third kappa shape index (κ3) is 3.11. The summed E-state index contributed by atoms with van der Waals surface area (Å²) in [5.74, 6) is -0.777. The van der Waals surface area contributed by atoms with Gasteiger partial charge in [-0.25, -0.2) is 4.85 Å². The first-order valence-electron chi connectivity index (χ1n) is 3.61. The van der Waals surface area contributed by atoms with Gasteiger partial charge in [-0.15, -0.1) is 0 Å². The second kappa shape index (κ2) is 4.45. The van der Waals surface area contributed by atoms with Crippen molar-refractivity contribution in [3.05, 3.63) is 23.7 Å². The first-order valence-corrected chi connectivity index (χ1v) is 3.61. The molecule has 0 spiro atoms. The van der Waals surface area contributed by atoms with E-state index in [-0.39, 0.29) is 23.8 Å². The van der Waals surface area contributed by atoms with Crippen molar-refractivity contribution in [2.45, 2.75) is 20.3 Å². The SMILES string of the molecule is [C-]#[N+]C(=C)C(=O)CC(=O)C(C)C. The molecule has 64 valence electrons. The van der Waals surface area contributed by atoms with Gasteiger partial charge in [-0.1, -0.05) is 20.4 Å². The Hall–Kier alpha value is -1.43. The first kappa shape index (κ1) is 10.6. The van der Waals surface area contributed by atoms with Crippen LogP contribution in [0.15, 0.2) is 12.3 Å². The number of rotatable bonds is 4. The average molecular weight is 165 g/mol. The molecular formula is C9H11NO2. The molecule has 0 heterocycles. The van der Waals surface area contributed by atoms with Crippen LogP contribution in [0.5, 0.6) is 0 Å². The van der Waals surface area contributed by atoms with Crippen molar-refractivity contribution in [2.75, 3.05) is 0 Å².